The van der Waals surface area contributed by atoms with Crippen LogP contribution in [0.1, 0.15) is 355 Å². The van der Waals surface area contributed by atoms with Crippen LogP contribution in [0.5, 0.6) is 0 Å². The highest BCUT2D eigenvalue weighted by Gasteiger charge is 2.19. The Balaban J connectivity index is 4.11. The first-order chi connectivity index (χ1) is 41.0. The second-order valence-electron chi connectivity index (χ2n) is 23.8. The summed E-state index contributed by atoms with van der Waals surface area (Å²) in [6.45, 7) is 6.49. The number of unbranched alkanes of at least 4 members (excludes halogenated alkanes) is 38. The Hall–Kier alpha value is -3.67. The maximum atomic E-state index is 12.9. The van der Waals surface area contributed by atoms with Gasteiger partial charge in [0.05, 0.1) is 0 Å². The molecule has 0 N–H and O–H groups in total. The molecule has 0 aromatic rings. The highest BCUT2D eigenvalue weighted by atomic mass is 16.6. The minimum absolute atomic E-state index is 0.0920. The molecule has 1 atom stereocenters. The quantitative estimate of drug-likeness (QED) is 0.0261. The summed E-state index contributed by atoms with van der Waals surface area (Å²) >= 11 is 0. The molecule has 0 aliphatic heterocycles. The Morgan fingerprint density at radius 3 is 0.735 bits per heavy atom. The summed E-state index contributed by atoms with van der Waals surface area (Å²) < 4.78 is 16.8. The van der Waals surface area contributed by atoms with Crippen LogP contribution in [-0.2, 0) is 28.6 Å². The van der Waals surface area contributed by atoms with Gasteiger partial charge in [-0.15, -0.1) is 0 Å². The van der Waals surface area contributed by atoms with Gasteiger partial charge in [0.1, 0.15) is 13.2 Å². The zero-order valence-corrected chi connectivity index (χ0v) is 54.9. The van der Waals surface area contributed by atoms with Crippen molar-refractivity contribution in [3.63, 3.8) is 0 Å². The van der Waals surface area contributed by atoms with E-state index in [1.54, 1.807) is 0 Å². The first-order valence-electron chi connectivity index (χ1n) is 35.7. The lowest BCUT2D eigenvalue weighted by Crippen LogP contribution is -2.30. The van der Waals surface area contributed by atoms with Gasteiger partial charge >= 0.3 is 17.9 Å². The highest BCUT2D eigenvalue weighted by Crippen LogP contribution is 2.18. The SMILES string of the molecule is CC/C=C\C/C=C\C/C=C\C/C=C\C/C=C\C/C=C\C/C=C\C/C=C\CCCCC(=O)OC(COC(=O)CCCCCCCCC)COC(=O)CCCCCCCCCCCCCCCCCCCCCCCCCCCCCCCCC. The molecule has 0 heterocycles. The molecule has 1 unspecified atom stereocenters. The van der Waals surface area contributed by atoms with Crippen molar-refractivity contribution in [1.82, 2.24) is 0 Å². The van der Waals surface area contributed by atoms with Gasteiger partial charge in [-0.2, -0.15) is 0 Å². The van der Waals surface area contributed by atoms with E-state index in [0.29, 0.717) is 19.3 Å². The fourth-order valence-corrected chi connectivity index (χ4v) is 10.3. The lowest BCUT2D eigenvalue weighted by Gasteiger charge is -2.18. The average molecular weight is 1160 g/mol. The third-order valence-electron chi connectivity index (χ3n) is 15.6. The second kappa shape index (κ2) is 70.8. The van der Waals surface area contributed by atoms with Gasteiger partial charge in [-0.3, -0.25) is 14.4 Å². The minimum atomic E-state index is -0.799. The van der Waals surface area contributed by atoms with Crippen LogP contribution >= 0.6 is 0 Å². The summed E-state index contributed by atoms with van der Waals surface area (Å²) in [7, 11) is 0. The van der Waals surface area contributed by atoms with Crippen LogP contribution in [0.4, 0.5) is 0 Å². The summed E-state index contributed by atoms with van der Waals surface area (Å²) in [5.41, 5.74) is 0. The third-order valence-corrected chi connectivity index (χ3v) is 15.6. The lowest BCUT2D eigenvalue weighted by molar-refractivity contribution is -0.167. The second-order valence-corrected chi connectivity index (χ2v) is 23.8. The number of hydrogen-bond acceptors (Lipinski definition) is 6. The molecular formula is C77H134O6. The van der Waals surface area contributed by atoms with E-state index in [1.807, 2.05) is 0 Å². The van der Waals surface area contributed by atoms with Crippen molar-refractivity contribution in [3.8, 4) is 0 Å². The van der Waals surface area contributed by atoms with Crippen molar-refractivity contribution >= 4 is 17.9 Å². The molecular weight excluding hydrogens is 1020 g/mol. The summed E-state index contributed by atoms with van der Waals surface area (Å²) in [6.07, 6.45) is 96.3. The lowest BCUT2D eigenvalue weighted by atomic mass is 10.0. The molecule has 83 heavy (non-hydrogen) atoms. The van der Waals surface area contributed by atoms with E-state index in [2.05, 4.69) is 118 Å². The predicted octanol–water partition coefficient (Wildman–Crippen LogP) is 24.8. The van der Waals surface area contributed by atoms with Gasteiger partial charge in [0.15, 0.2) is 6.10 Å². The number of carbonyl (C=O) groups is 3. The molecule has 0 fully saturated rings. The number of ether oxygens (including phenoxy) is 3. The molecule has 0 aliphatic carbocycles. The van der Waals surface area contributed by atoms with E-state index in [1.165, 1.54) is 205 Å². The number of hydrogen-bond donors (Lipinski definition) is 0. The van der Waals surface area contributed by atoms with Crippen molar-refractivity contribution in [2.75, 3.05) is 13.2 Å². The number of esters is 3. The van der Waals surface area contributed by atoms with Gasteiger partial charge < -0.3 is 14.2 Å². The number of carbonyl (C=O) groups excluding carboxylic acids is 3. The van der Waals surface area contributed by atoms with Gasteiger partial charge in [-0.25, -0.2) is 0 Å². The van der Waals surface area contributed by atoms with Gasteiger partial charge in [-0.1, -0.05) is 349 Å². The van der Waals surface area contributed by atoms with Crippen molar-refractivity contribution in [2.45, 2.75) is 361 Å². The van der Waals surface area contributed by atoms with Crippen molar-refractivity contribution in [1.29, 1.82) is 0 Å². The maximum Gasteiger partial charge on any atom is 0.306 e. The molecule has 0 radical (unpaired) electrons. The Labute approximate surface area is 515 Å². The zero-order valence-electron chi connectivity index (χ0n) is 54.9. The fourth-order valence-electron chi connectivity index (χ4n) is 10.3. The molecule has 478 valence electrons. The van der Waals surface area contributed by atoms with Gasteiger partial charge in [0.25, 0.3) is 0 Å². The van der Waals surface area contributed by atoms with Crippen LogP contribution in [0.15, 0.2) is 97.2 Å². The van der Waals surface area contributed by atoms with Gasteiger partial charge in [0.2, 0.25) is 0 Å². The summed E-state index contributed by atoms with van der Waals surface area (Å²) in [5.74, 6) is -0.930. The molecule has 0 aromatic heterocycles. The predicted molar refractivity (Wildman–Crippen MR) is 362 cm³/mol. The van der Waals surface area contributed by atoms with E-state index >= 15 is 0 Å². The molecule has 6 heteroatoms. The molecule has 0 aromatic carbocycles. The maximum absolute atomic E-state index is 12.9. The average Bonchev–Trinajstić information content (AvgIpc) is 3.49. The van der Waals surface area contributed by atoms with Crippen molar-refractivity contribution in [2.24, 2.45) is 0 Å². The molecule has 6 nitrogen and oxygen atoms in total. The molecule has 0 spiro atoms. The van der Waals surface area contributed by atoms with Crippen LogP contribution in [0.2, 0.25) is 0 Å². The van der Waals surface area contributed by atoms with E-state index < -0.39 is 6.10 Å². The molecule has 0 bridgehead atoms. The van der Waals surface area contributed by atoms with Crippen LogP contribution in [0.3, 0.4) is 0 Å². The first-order valence-corrected chi connectivity index (χ1v) is 35.7. The van der Waals surface area contributed by atoms with E-state index in [4.69, 9.17) is 14.2 Å². The van der Waals surface area contributed by atoms with Crippen LogP contribution < -0.4 is 0 Å². The monoisotopic (exact) mass is 1160 g/mol. The van der Waals surface area contributed by atoms with Gasteiger partial charge in [-0.05, 0) is 83.5 Å². The smallest absolute Gasteiger partial charge is 0.306 e. The fraction of sp³-hybridized carbons (Fsp3) is 0.753. The Morgan fingerprint density at radius 1 is 0.253 bits per heavy atom. The summed E-state index contributed by atoms with van der Waals surface area (Å²) in [6, 6.07) is 0. The molecule has 0 amide bonds. The van der Waals surface area contributed by atoms with Crippen LogP contribution in [0.25, 0.3) is 0 Å². The molecule has 0 saturated heterocycles. The number of allylic oxidation sites excluding steroid dienone is 16. The third kappa shape index (κ3) is 69.0. The van der Waals surface area contributed by atoms with E-state index in [-0.39, 0.29) is 37.5 Å². The molecule has 0 rings (SSSR count). The Bertz CT molecular complexity index is 1610. The van der Waals surface area contributed by atoms with Gasteiger partial charge in [0, 0.05) is 19.3 Å². The van der Waals surface area contributed by atoms with Crippen LogP contribution in [-0.4, -0.2) is 37.2 Å². The number of rotatable bonds is 65. The molecule has 0 saturated carbocycles. The topological polar surface area (TPSA) is 78.9 Å². The summed E-state index contributed by atoms with van der Waals surface area (Å²) in [4.78, 5) is 38.2. The largest absolute Gasteiger partial charge is 0.462 e. The van der Waals surface area contributed by atoms with E-state index in [0.717, 1.165) is 103 Å². The van der Waals surface area contributed by atoms with E-state index in [9.17, 15) is 14.4 Å². The minimum Gasteiger partial charge on any atom is -0.462 e. The summed E-state index contributed by atoms with van der Waals surface area (Å²) in [5, 5.41) is 0. The van der Waals surface area contributed by atoms with Crippen molar-refractivity contribution < 1.29 is 28.6 Å². The van der Waals surface area contributed by atoms with Crippen molar-refractivity contribution in [3.05, 3.63) is 97.2 Å². The standard InChI is InChI=1S/C77H134O6/c1-4-7-10-13-16-18-20-22-24-26-28-30-32-34-36-37-38-39-41-42-44-46-48-50-52-54-56-58-61-64-67-70-76(79)82-73-74(72-81-75(78)69-66-63-60-15-12-9-6-3)83-77(80)71-68-65-62-59-57-55-53-51-49-47-45-43-40-35-33-31-29-27-25-23-21-19-17-14-11-8-5-2/h8,11,17,19,23,25,29,31,35,40,45,47,51,53,57,59,74H,4-7,9-10,12-16,18,20-22,24,26-28,30,32-34,36-39,41-44,46,48-50,52,54-56,58,60-73H2,1-3H3/b11-8-,19-17-,25-23-,31-29-,40-35-,47-45-,53-51-,59-57-. The first kappa shape index (κ1) is 79.3. The Kier molecular flexibility index (Phi) is 67.7. The normalized spacial score (nSPS) is 12.7. The highest BCUT2D eigenvalue weighted by molar-refractivity contribution is 5.71. The van der Waals surface area contributed by atoms with Crippen LogP contribution in [0, 0.1) is 0 Å². The molecule has 0 aliphatic rings. The zero-order chi connectivity index (χ0) is 59.9. The Morgan fingerprint density at radius 2 is 0.470 bits per heavy atom.